The summed E-state index contributed by atoms with van der Waals surface area (Å²) in [6.07, 6.45) is 2.99. The first kappa shape index (κ1) is 19.9. The lowest BCUT2D eigenvalue weighted by molar-refractivity contribution is -0.136. The quantitative estimate of drug-likeness (QED) is 0.676. The fourth-order valence-corrected chi connectivity index (χ4v) is 3.64. The molecule has 8 nitrogen and oxygen atoms in total. The molecular weight excluding hydrogens is 360 g/mol. The number of urea groups is 1. The Balaban J connectivity index is 1.68. The van der Waals surface area contributed by atoms with Crippen molar-refractivity contribution in [3.63, 3.8) is 0 Å². The van der Waals surface area contributed by atoms with Gasteiger partial charge in [0, 0.05) is 17.3 Å². The van der Waals surface area contributed by atoms with Gasteiger partial charge in [0.25, 0.3) is 5.91 Å². The lowest BCUT2D eigenvalue weighted by Crippen LogP contribution is -2.48. The van der Waals surface area contributed by atoms with Crippen LogP contribution in [0.1, 0.15) is 46.5 Å². The zero-order chi connectivity index (χ0) is 20.5. The molecule has 1 aliphatic heterocycles. The standard InChI is InChI=1S/C20H26N4O4/c1-12(2)16(25)21-14-7-6-8-15(11-14)22-17(26)13(3)24-18(27)20(23-19(24)28)9-4-5-10-20/h6-8,11-13H,4-5,9-10H2,1-3H3,(H,21,25)(H,22,26)(H,23,28). The molecule has 2 aliphatic rings. The van der Waals surface area contributed by atoms with Crippen LogP contribution in [0.15, 0.2) is 24.3 Å². The van der Waals surface area contributed by atoms with Gasteiger partial charge in [0.05, 0.1) is 0 Å². The van der Waals surface area contributed by atoms with Crippen molar-refractivity contribution in [3.8, 4) is 0 Å². The number of carbonyl (C=O) groups excluding carboxylic acids is 4. The number of nitrogens with one attached hydrogen (secondary N) is 3. The van der Waals surface area contributed by atoms with Gasteiger partial charge in [-0.3, -0.25) is 14.4 Å². The molecule has 1 aromatic carbocycles. The Morgan fingerprint density at radius 1 is 1.04 bits per heavy atom. The van der Waals surface area contributed by atoms with Crippen molar-refractivity contribution in [2.45, 2.75) is 58.0 Å². The predicted molar refractivity (Wildman–Crippen MR) is 105 cm³/mol. The Morgan fingerprint density at radius 2 is 1.61 bits per heavy atom. The van der Waals surface area contributed by atoms with Crippen LogP contribution in [0, 0.1) is 5.92 Å². The van der Waals surface area contributed by atoms with E-state index in [1.807, 2.05) is 0 Å². The summed E-state index contributed by atoms with van der Waals surface area (Å²) in [6, 6.07) is 5.28. The summed E-state index contributed by atoms with van der Waals surface area (Å²) in [5.74, 6) is -1.08. The molecule has 2 fully saturated rings. The molecule has 0 bridgehead atoms. The van der Waals surface area contributed by atoms with Crippen molar-refractivity contribution in [2.24, 2.45) is 5.92 Å². The highest BCUT2D eigenvalue weighted by molar-refractivity contribution is 6.11. The van der Waals surface area contributed by atoms with Crippen LogP contribution in [0.3, 0.4) is 0 Å². The van der Waals surface area contributed by atoms with Crippen molar-refractivity contribution < 1.29 is 19.2 Å². The topological polar surface area (TPSA) is 108 Å². The molecule has 1 aromatic rings. The smallest absolute Gasteiger partial charge is 0.325 e. The lowest BCUT2D eigenvalue weighted by Gasteiger charge is -2.23. The van der Waals surface area contributed by atoms with E-state index >= 15 is 0 Å². The summed E-state index contributed by atoms with van der Waals surface area (Å²) in [5, 5.41) is 8.26. The van der Waals surface area contributed by atoms with Crippen molar-refractivity contribution in [1.82, 2.24) is 10.2 Å². The summed E-state index contributed by atoms with van der Waals surface area (Å²) in [7, 11) is 0. The highest BCUT2D eigenvalue weighted by Gasteiger charge is 2.54. The molecule has 3 N–H and O–H groups in total. The minimum Gasteiger partial charge on any atom is -0.326 e. The number of carbonyl (C=O) groups is 4. The number of benzene rings is 1. The summed E-state index contributed by atoms with van der Waals surface area (Å²) >= 11 is 0. The van der Waals surface area contributed by atoms with Gasteiger partial charge in [0.1, 0.15) is 11.6 Å². The number of hydrogen-bond donors (Lipinski definition) is 3. The van der Waals surface area contributed by atoms with Crippen LogP contribution in [-0.4, -0.2) is 40.2 Å². The van der Waals surface area contributed by atoms with E-state index in [0.717, 1.165) is 17.7 Å². The van der Waals surface area contributed by atoms with E-state index in [9.17, 15) is 19.2 Å². The number of hydrogen-bond acceptors (Lipinski definition) is 4. The van der Waals surface area contributed by atoms with Crippen molar-refractivity contribution in [1.29, 1.82) is 0 Å². The SMILES string of the molecule is CC(C)C(=O)Nc1cccc(NC(=O)C(C)N2C(=O)NC3(CCCC3)C2=O)c1. The fourth-order valence-electron chi connectivity index (χ4n) is 3.64. The second-order valence-corrected chi connectivity index (χ2v) is 7.78. The van der Waals surface area contributed by atoms with Crippen LogP contribution in [0.2, 0.25) is 0 Å². The van der Waals surface area contributed by atoms with E-state index in [2.05, 4.69) is 16.0 Å². The van der Waals surface area contributed by atoms with Gasteiger partial charge in [-0.2, -0.15) is 0 Å². The van der Waals surface area contributed by atoms with Crippen LogP contribution in [0.4, 0.5) is 16.2 Å². The van der Waals surface area contributed by atoms with E-state index in [4.69, 9.17) is 0 Å². The van der Waals surface area contributed by atoms with Crippen LogP contribution < -0.4 is 16.0 Å². The van der Waals surface area contributed by atoms with Gasteiger partial charge >= 0.3 is 6.03 Å². The van der Waals surface area contributed by atoms with E-state index < -0.39 is 23.5 Å². The second kappa shape index (κ2) is 7.61. The maximum atomic E-state index is 12.8. The van der Waals surface area contributed by atoms with Gasteiger partial charge in [-0.05, 0) is 38.0 Å². The number of amides is 5. The molecule has 8 heteroatoms. The largest absolute Gasteiger partial charge is 0.326 e. The molecular formula is C20H26N4O4. The molecule has 0 aromatic heterocycles. The first-order valence-electron chi connectivity index (χ1n) is 9.61. The normalized spacial score (nSPS) is 19.1. The number of rotatable bonds is 5. The Morgan fingerprint density at radius 3 is 2.18 bits per heavy atom. The maximum absolute atomic E-state index is 12.8. The van der Waals surface area contributed by atoms with Gasteiger partial charge in [-0.15, -0.1) is 0 Å². The molecule has 1 atom stereocenters. The minimum atomic E-state index is -0.943. The van der Waals surface area contributed by atoms with Gasteiger partial charge in [0.15, 0.2) is 0 Å². The zero-order valence-electron chi connectivity index (χ0n) is 16.4. The summed E-state index contributed by atoms with van der Waals surface area (Å²) in [6.45, 7) is 5.11. The Labute approximate surface area is 164 Å². The number of anilines is 2. The third-order valence-electron chi connectivity index (χ3n) is 5.34. The monoisotopic (exact) mass is 386 g/mol. The van der Waals surface area contributed by atoms with Crippen molar-refractivity contribution in [3.05, 3.63) is 24.3 Å². The summed E-state index contributed by atoms with van der Waals surface area (Å²) < 4.78 is 0. The third kappa shape index (κ3) is 3.72. The molecule has 1 unspecified atom stereocenters. The Hall–Kier alpha value is -2.90. The van der Waals surface area contributed by atoms with Gasteiger partial charge in [-0.25, -0.2) is 9.69 Å². The van der Waals surface area contributed by atoms with E-state index in [1.165, 1.54) is 6.92 Å². The lowest BCUT2D eigenvalue weighted by atomic mass is 9.97. The van der Waals surface area contributed by atoms with Crippen molar-refractivity contribution >= 4 is 35.1 Å². The third-order valence-corrected chi connectivity index (χ3v) is 5.34. The zero-order valence-corrected chi connectivity index (χ0v) is 16.4. The summed E-state index contributed by atoms with van der Waals surface area (Å²) in [5.41, 5.74) is 0.192. The molecule has 1 heterocycles. The van der Waals surface area contributed by atoms with E-state index in [0.29, 0.717) is 24.2 Å². The molecule has 1 spiro atoms. The molecule has 28 heavy (non-hydrogen) atoms. The molecule has 5 amide bonds. The highest BCUT2D eigenvalue weighted by Crippen LogP contribution is 2.35. The molecule has 3 rings (SSSR count). The van der Waals surface area contributed by atoms with Crippen LogP contribution in [-0.2, 0) is 14.4 Å². The highest BCUT2D eigenvalue weighted by atomic mass is 16.2. The van der Waals surface area contributed by atoms with Gasteiger partial charge < -0.3 is 16.0 Å². The average Bonchev–Trinajstić information content (AvgIpc) is 3.20. The minimum absolute atomic E-state index is 0.127. The van der Waals surface area contributed by atoms with Crippen LogP contribution in [0.5, 0.6) is 0 Å². The number of imide groups is 1. The summed E-state index contributed by atoms with van der Waals surface area (Å²) in [4.78, 5) is 50.7. The average molecular weight is 386 g/mol. The second-order valence-electron chi connectivity index (χ2n) is 7.78. The van der Waals surface area contributed by atoms with E-state index in [1.54, 1.807) is 38.1 Å². The van der Waals surface area contributed by atoms with Crippen molar-refractivity contribution in [2.75, 3.05) is 10.6 Å². The maximum Gasteiger partial charge on any atom is 0.325 e. The van der Waals surface area contributed by atoms with Crippen LogP contribution >= 0.6 is 0 Å². The van der Waals surface area contributed by atoms with Crippen LogP contribution in [0.25, 0.3) is 0 Å². The Kier molecular flexibility index (Phi) is 5.40. The fraction of sp³-hybridized carbons (Fsp3) is 0.500. The molecule has 1 aliphatic carbocycles. The Bertz CT molecular complexity index is 814. The molecule has 1 saturated carbocycles. The first-order chi connectivity index (χ1) is 13.2. The van der Waals surface area contributed by atoms with E-state index in [-0.39, 0.29) is 17.7 Å². The molecule has 1 saturated heterocycles. The molecule has 150 valence electrons. The number of nitrogens with zero attached hydrogens (tertiary/aromatic N) is 1. The predicted octanol–water partition coefficient (Wildman–Crippen LogP) is 2.47. The first-order valence-corrected chi connectivity index (χ1v) is 9.61. The van der Waals surface area contributed by atoms with Gasteiger partial charge in [-0.1, -0.05) is 32.8 Å². The van der Waals surface area contributed by atoms with Gasteiger partial charge in [0.2, 0.25) is 11.8 Å². The molecule has 0 radical (unpaired) electrons.